The maximum absolute atomic E-state index is 12.8. The van der Waals surface area contributed by atoms with Gasteiger partial charge in [-0.1, -0.05) is 129 Å². The van der Waals surface area contributed by atoms with Gasteiger partial charge in [-0.2, -0.15) is 0 Å². The zero-order valence-corrected chi connectivity index (χ0v) is 42.6. The van der Waals surface area contributed by atoms with Crippen molar-refractivity contribution in [1.29, 1.82) is 0 Å². The van der Waals surface area contributed by atoms with Gasteiger partial charge in [-0.3, -0.25) is 18.6 Å². The highest BCUT2D eigenvalue weighted by atomic mass is 31.2. The molecule has 2 aromatic rings. The zero-order chi connectivity index (χ0) is 46.8. The molecule has 0 fully saturated rings. The minimum atomic E-state index is -4.39. The molecule has 0 saturated carbocycles. The summed E-state index contributed by atoms with van der Waals surface area (Å²) in [5.41, 5.74) is 3.98. The van der Waals surface area contributed by atoms with Gasteiger partial charge in [0.1, 0.15) is 29.6 Å². The molecule has 0 spiro atoms. The smallest absolute Gasteiger partial charge is 0.466 e. The van der Waals surface area contributed by atoms with Crippen molar-refractivity contribution in [2.24, 2.45) is 0 Å². The van der Waals surface area contributed by atoms with Gasteiger partial charge in [0.15, 0.2) is 6.10 Å². The van der Waals surface area contributed by atoms with Crippen molar-refractivity contribution in [2.75, 3.05) is 40.5 Å². The summed E-state index contributed by atoms with van der Waals surface area (Å²) in [5.74, 6) is 3.82. The van der Waals surface area contributed by atoms with Crippen LogP contribution in [0, 0.1) is 20.8 Å². The molecule has 2 rings (SSSR count). The number of esters is 2. The van der Waals surface area contributed by atoms with Crippen molar-refractivity contribution < 1.29 is 46.4 Å². The van der Waals surface area contributed by atoms with Gasteiger partial charge in [-0.15, -0.1) is 0 Å². The lowest BCUT2D eigenvalue weighted by atomic mass is 10.0. The molecule has 12 heteroatoms. The van der Waals surface area contributed by atoms with Gasteiger partial charge in [0, 0.05) is 45.1 Å². The first-order chi connectivity index (χ1) is 30.8. The SMILES string of the molecule is CCCCCc1cc(C)c(CCCCCCCCCCC(=O)O[C@H](COC(=O)CCCCCCCCCCCCc2oc(CCCCC)c(C)c2C)COP(=O)(O)OCCN(C)C)o1. The van der Waals surface area contributed by atoms with Crippen LogP contribution < -0.4 is 0 Å². The Morgan fingerprint density at radius 2 is 1.05 bits per heavy atom. The van der Waals surface area contributed by atoms with Crippen molar-refractivity contribution in [3.8, 4) is 0 Å². The average Bonchev–Trinajstić information content (AvgIpc) is 3.75. The van der Waals surface area contributed by atoms with E-state index in [9.17, 15) is 19.0 Å². The number of carbonyl (C=O) groups excluding carboxylic acids is 2. The second-order valence-electron chi connectivity index (χ2n) is 18.5. The lowest BCUT2D eigenvalue weighted by Gasteiger charge is -2.20. The number of phosphoric acid groups is 1. The molecule has 0 aromatic carbocycles. The predicted octanol–water partition coefficient (Wildman–Crippen LogP) is 14.0. The third kappa shape index (κ3) is 27.9. The van der Waals surface area contributed by atoms with Crippen molar-refractivity contribution in [3.05, 3.63) is 45.8 Å². The van der Waals surface area contributed by atoms with Crippen LogP contribution in [0.2, 0.25) is 0 Å². The Kier molecular flexibility index (Phi) is 32.2. The summed E-state index contributed by atoms with van der Waals surface area (Å²) in [6, 6.07) is 2.21. The second-order valence-corrected chi connectivity index (χ2v) is 19.9. The number of hydrogen-bond acceptors (Lipinski definition) is 10. The number of phosphoric ester groups is 1. The average molecular weight is 922 g/mol. The van der Waals surface area contributed by atoms with E-state index in [-0.39, 0.29) is 32.0 Å². The molecular formula is C52H92NO10P. The van der Waals surface area contributed by atoms with Gasteiger partial charge in [0.2, 0.25) is 0 Å². The van der Waals surface area contributed by atoms with Crippen LogP contribution in [-0.4, -0.2) is 68.3 Å². The summed E-state index contributed by atoms with van der Waals surface area (Å²) >= 11 is 0. The highest BCUT2D eigenvalue weighted by Gasteiger charge is 2.26. The number of aryl methyl sites for hydroxylation is 5. The lowest BCUT2D eigenvalue weighted by Crippen LogP contribution is -2.29. The number of hydrogen-bond donors (Lipinski definition) is 1. The minimum Gasteiger partial charge on any atom is -0.466 e. The van der Waals surface area contributed by atoms with Gasteiger partial charge < -0.3 is 28.1 Å². The van der Waals surface area contributed by atoms with Crippen LogP contribution in [-0.2, 0) is 58.4 Å². The summed E-state index contributed by atoms with van der Waals surface area (Å²) in [5, 5.41) is 0. The number of rotatable bonds is 42. The number of nitrogens with zero attached hydrogens (tertiary/aromatic N) is 1. The highest BCUT2D eigenvalue weighted by molar-refractivity contribution is 7.47. The third-order valence-electron chi connectivity index (χ3n) is 12.3. The van der Waals surface area contributed by atoms with E-state index in [1.807, 2.05) is 19.0 Å². The van der Waals surface area contributed by atoms with Gasteiger partial charge in [0.25, 0.3) is 0 Å². The Morgan fingerprint density at radius 3 is 1.56 bits per heavy atom. The van der Waals surface area contributed by atoms with E-state index < -0.39 is 26.5 Å². The van der Waals surface area contributed by atoms with E-state index in [0.29, 0.717) is 13.0 Å². The molecule has 0 amide bonds. The fourth-order valence-corrected chi connectivity index (χ4v) is 8.74. The third-order valence-corrected chi connectivity index (χ3v) is 13.2. The maximum Gasteiger partial charge on any atom is 0.472 e. The molecule has 1 unspecified atom stereocenters. The second kappa shape index (κ2) is 35.7. The normalized spacial score (nSPS) is 13.1. The molecule has 1 N–H and O–H groups in total. The first kappa shape index (κ1) is 57.7. The van der Waals surface area contributed by atoms with Crippen molar-refractivity contribution >= 4 is 19.8 Å². The quantitative estimate of drug-likeness (QED) is 0.0387. The van der Waals surface area contributed by atoms with Gasteiger partial charge in [-0.25, -0.2) is 4.57 Å². The molecule has 0 aliphatic heterocycles. The molecule has 2 atom stereocenters. The highest BCUT2D eigenvalue weighted by Crippen LogP contribution is 2.43. The Morgan fingerprint density at radius 1 is 0.594 bits per heavy atom. The van der Waals surface area contributed by atoms with Gasteiger partial charge in [-0.05, 0) is 96.1 Å². The lowest BCUT2D eigenvalue weighted by molar-refractivity contribution is -0.161. The van der Waals surface area contributed by atoms with Crippen LogP contribution in [0.1, 0.15) is 221 Å². The standard InChI is InChI=1S/C52H92NO10P/c1-8-10-26-32-46-40-43(3)48(61-46)33-28-22-18-16-17-21-25-31-37-52(55)62-47(42-60-64(56,57)59-39-38-53(6)7)41-58-51(54)36-30-24-20-15-13-12-14-19-23-29-35-50-45(5)44(4)49(63-50)34-27-11-9-2/h40,47H,8-39,41-42H2,1-7H3,(H,56,57)/t47-/m1/s1. The molecule has 0 bridgehead atoms. The molecule has 0 radical (unpaired) electrons. The Labute approximate surface area is 389 Å². The van der Waals surface area contributed by atoms with Crippen LogP contribution in [0.4, 0.5) is 0 Å². The molecule has 0 aliphatic rings. The number of likely N-dealkylation sites (N-methyl/N-ethyl adjacent to an activating group) is 1. The summed E-state index contributed by atoms with van der Waals surface area (Å²) in [6.07, 6.45) is 30.6. The van der Waals surface area contributed by atoms with E-state index in [0.717, 1.165) is 88.6 Å². The van der Waals surface area contributed by atoms with Crippen LogP contribution in [0.25, 0.3) is 0 Å². The molecule has 11 nitrogen and oxygen atoms in total. The summed E-state index contributed by atoms with van der Waals surface area (Å²) in [4.78, 5) is 37.4. The van der Waals surface area contributed by atoms with E-state index in [1.54, 1.807) is 0 Å². The number of carbonyl (C=O) groups is 2. The van der Waals surface area contributed by atoms with Crippen molar-refractivity contribution in [1.82, 2.24) is 4.90 Å². The van der Waals surface area contributed by atoms with Crippen LogP contribution in [0.5, 0.6) is 0 Å². The molecule has 2 aromatic heterocycles. The number of ether oxygens (including phenoxy) is 2. The maximum atomic E-state index is 12.8. The predicted molar refractivity (Wildman–Crippen MR) is 259 cm³/mol. The summed E-state index contributed by atoms with van der Waals surface area (Å²) < 4.78 is 46.1. The van der Waals surface area contributed by atoms with Crippen LogP contribution in [0.15, 0.2) is 14.9 Å². The van der Waals surface area contributed by atoms with Crippen LogP contribution in [0.3, 0.4) is 0 Å². The fraction of sp³-hybridized carbons (Fsp3) is 0.808. The summed E-state index contributed by atoms with van der Waals surface area (Å²) in [6.45, 7) is 10.8. The molecular weight excluding hydrogens is 830 g/mol. The Hall–Kier alpha value is -2.43. The monoisotopic (exact) mass is 922 g/mol. The molecule has 0 saturated heterocycles. The van der Waals surface area contributed by atoms with Gasteiger partial charge in [0.05, 0.1) is 13.2 Å². The Bertz CT molecular complexity index is 1550. The Balaban J connectivity index is 1.58. The molecule has 64 heavy (non-hydrogen) atoms. The molecule has 370 valence electrons. The minimum absolute atomic E-state index is 0.00244. The van der Waals surface area contributed by atoms with E-state index in [1.165, 1.54) is 125 Å². The van der Waals surface area contributed by atoms with Crippen molar-refractivity contribution in [2.45, 2.75) is 233 Å². The fourth-order valence-electron chi connectivity index (χ4n) is 8.00. The first-order valence-electron chi connectivity index (χ1n) is 25.6. The number of unbranched alkanes of at least 4 members (excludes halogenated alkanes) is 20. The topological polar surface area (TPSA) is 138 Å². The summed E-state index contributed by atoms with van der Waals surface area (Å²) in [7, 11) is -0.738. The van der Waals surface area contributed by atoms with Crippen molar-refractivity contribution in [3.63, 3.8) is 0 Å². The first-order valence-corrected chi connectivity index (χ1v) is 27.1. The zero-order valence-electron chi connectivity index (χ0n) is 41.7. The van der Waals surface area contributed by atoms with E-state index in [2.05, 4.69) is 40.7 Å². The van der Waals surface area contributed by atoms with E-state index in [4.69, 9.17) is 27.4 Å². The largest absolute Gasteiger partial charge is 0.472 e. The van der Waals surface area contributed by atoms with Gasteiger partial charge >= 0.3 is 19.8 Å². The van der Waals surface area contributed by atoms with Crippen LogP contribution >= 0.6 is 7.82 Å². The molecule has 2 heterocycles. The van der Waals surface area contributed by atoms with E-state index >= 15 is 0 Å². The number of furan rings is 2. The molecule has 0 aliphatic carbocycles.